The lowest BCUT2D eigenvalue weighted by molar-refractivity contribution is 0.670. The van der Waals surface area contributed by atoms with Crippen molar-refractivity contribution in [3.05, 3.63) is 194 Å². The van der Waals surface area contributed by atoms with Gasteiger partial charge in [0.1, 0.15) is 11.2 Å². The van der Waals surface area contributed by atoms with Gasteiger partial charge in [-0.1, -0.05) is 158 Å². The Labute approximate surface area is 322 Å². The molecule has 0 atom stereocenters. The number of para-hydroxylation sites is 2. The molecule has 5 heteroatoms. The van der Waals surface area contributed by atoms with Gasteiger partial charge in [-0.05, 0) is 53.1 Å². The molecule has 0 aliphatic heterocycles. The van der Waals surface area contributed by atoms with Crippen LogP contribution in [0.1, 0.15) is 0 Å². The fourth-order valence-corrected chi connectivity index (χ4v) is 8.07. The van der Waals surface area contributed by atoms with Gasteiger partial charge in [-0.2, -0.15) is 0 Å². The molecule has 3 heterocycles. The van der Waals surface area contributed by atoms with Gasteiger partial charge in [-0.15, -0.1) is 0 Å². The molecule has 56 heavy (non-hydrogen) atoms. The van der Waals surface area contributed by atoms with Gasteiger partial charge < -0.3 is 8.98 Å². The van der Waals surface area contributed by atoms with Crippen LogP contribution >= 0.6 is 0 Å². The second kappa shape index (κ2) is 13.0. The summed E-state index contributed by atoms with van der Waals surface area (Å²) in [6.07, 6.45) is 0. The van der Waals surface area contributed by atoms with Crippen LogP contribution < -0.4 is 0 Å². The minimum Gasteiger partial charge on any atom is -0.455 e. The van der Waals surface area contributed by atoms with Crippen LogP contribution in [-0.2, 0) is 0 Å². The Bertz CT molecular complexity index is 3180. The maximum absolute atomic E-state index is 6.55. The van der Waals surface area contributed by atoms with Crippen molar-refractivity contribution in [2.75, 3.05) is 0 Å². The number of furan rings is 1. The molecule has 3 aromatic heterocycles. The van der Waals surface area contributed by atoms with Crippen molar-refractivity contribution in [2.45, 2.75) is 0 Å². The molecular weight excluding hydrogens is 685 g/mol. The zero-order valence-corrected chi connectivity index (χ0v) is 30.2. The van der Waals surface area contributed by atoms with E-state index in [1.54, 1.807) is 0 Å². The summed E-state index contributed by atoms with van der Waals surface area (Å²) in [5, 5.41) is 4.56. The summed E-state index contributed by atoms with van der Waals surface area (Å²) < 4.78 is 8.95. The van der Waals surface area contributed by atoms with Gasteiger partial charge in [0.05, 0.1) is 11.0 Å². The standard InChI is InChI=1S/C51H32N4O/c1-4-16-33(17-5-1)42-31-38(32-43-40-24-11-13-29-46(40)56-48(42)43)55-44-27-12-10-25-41(44)47-39(26-15-28-45(47)55)36-22-14-23-37(30-36)51-53-49(34-18-6-2-7-19-34)52-50(54-51)35-20-8-3-9-21-35/h1-32H. The summed E-state index contributed by atoms with van der Waals surface area (Å²) in [6, 6.07) is 67.5. The lowest BCUT2D eigenvalue weighted by Crippen LogP contribution is -2.00. The molecule has 0 amide bonds. The maximum Gasteiger partial charge on any atom is 0.164 e. The van der Waals surface area contributed by atoms with Crippen LogP contribution in [0, 0.1) is 0 Å². The first-order chi connectivity index (χ1) is 27.8. The number of fused-ring (bicyclic) bond motifs is 6. The molecule has 8 aromatic carbocycles. The first kappa shape index (κ1) is 31.9. The van der Waals surface area contributed by atoms with E-state index in [0.717, 1.165) is 77.6 Å². The Morgan fingerprint density at radius 1 is 0.357 bits per heavy atom. The number of rotatable bonds is 6. The molecule has 0 spiro atoms. The molecule has 0 saturated carbocycles. The average molecular weight is 717 g/mol. The third-order valence-corrected chi connectivity index (χ3v) is 10.6. The quantitative estimate of drug-likeness (QED) is 0.172. The van der Waals surface area contributed by atoms with E-state index >= 15 is 0 Å². The third-order valence-electron chi connectivity index (χ3n) is 10.6. The second-order valence-electron chi connectivity index (χ2n) is 14.0. The predicted molar refractivity (Wildman–Crippen MR) is 229 cm³/mol. The number of aromatic nitrogens is 4. The smallest absolute Gasteiger partial charge is 0.164 e. The largest absolute Gasteiger partial charge is 0.455 e. The molecule has 0 bridgehead atoms. The SMILES string of the molecule is c1ccc(-c2nc(-c3ccccc3)nc(-c3cccc(-c4cccc5c4c4ccccc4n5-c4cc(-c5ccccc5)c5oc6ccccc6c5c4)c3)n2)cc1. The van der Waals surface area contributed by atoms with Crippen LogP contribution in [0.4, 0.5) is 0 Å². The molecule has 0 saturated heterocycles. The van der Waals surface area contributed by atoms with Crippen molar-refractivity contribution in [2.24, 2.45) is 0 Å². The van der Waals surface area contributed by atoms with Gasteiger partial charge >= 0.3 is 0 Å². The predicted octanol–water partition coefficient (Wildman–Crippen LogP) is 13.2. The van der Waals surface area contributed by atoms with Crippen molar-refractivity contribution in [1.29, 1.82) is 0 Å². The Kier molecular flexibility index (Phi) is 7.42. The van der Waals surface area contributed by atoms with Crippen LogP contribution in [0.3, 0.4) is 0 Å². The van der Waals surface area contributed by atoms with Gasteiger partial charge in [-0.3, -0.25) is 0 Å². The lowest BCUT2D eigenvalue weighted by atomic mass is 9.97. The van der Waals surface area contributed by atoms with Crippen molar-refractivity contribution >= 4 is 43.7 Å². The summed E-state index contributed by atoms with van der Waals surface area (Å²) in [6.45, 7) is 0. The van der Waals surface area contributed by atoms with Crippen LogP contribution in [0.5, 0.6) is 0 Å². The summed E-state index contributed by atoms with van der Waals surface area (Å²) >= 11 is 0. The first-order valence-corrected chi connectivity index (χ1v) is 18.8. The highest BCUT2D eigenvalue weighted by atomic mass is 16.3. The monoisotopic (exact) mass is 716 g/mol. The minimum absolute atomic E-state index is 0.628. The van der Waals surface area contributed by atoms with Crippen LogP contribution in [-0.4, -0.2) is 19.5 Å². The van der Waals surface area contributed by atoms with Crippen molar-refractivity contribution in [1.82, 2.24) is 19.5 Å². The van der Waals surface area contributed by atoms with E-state index in [0.29, 0.717) is 17.5 Å². The average Bonchev–Trinajstić information content (AvgIpc) is 3.83. The second-order valence-corrected chi connectivity index (χ2v) is 14.0. The van der Waals surface area contributed by atoms with Gasteiger partial charge in [0.15, 0.2) is 17.5 Å². The van der Waals surface area contributed by atoms with E-state index in [2.05, 4.69) is 126 Å². The topological polar surface area (TPSA) is 56.7 Å². The molecule has 0 N–H and O–H groups in total. The Balaban J connectivity index is 1.12. The lowest BCUT2D eigenvalue weighted by Gasteiger charge is -2.12. The molecule has 0 fully saturated rings. The van der Waals surface area contributed by atoms with E-state index < -0.39 is 0 Å². The van der Waals surface area contributed by atoms with Crippen molar-refractivity contribution in [3.8, 4) is 62.1 Å². The molecule has 0 aliphatic carbocycles. The third kappa shape index (κ3) is 5.29. The number of nitrogens with zero attached hydrogens (tertiary/aromatic N) is 4. The first-order valence-electron chi connectivity index (χ1n) is 18.8. The van der Waals surface area contributed by atoms with E-state index in [1.807, 2.05) is 72.8 Å². The molecule has 0 radical (unpaired) electrons. The molecule has 11 rings (SSSR count). The van der Waals surface area contributed by atoms with Gasteiger partial charge in [0, 0.05) is 49.5 Å². The highest BCUT2D eigenvalue weighted by Crippen LogP contribution is 2.43. The zero-order valence-electron chi connectivity index (χ0n) is 30.2. The number of hydrogen-bond acceptors (Lipinski definition) is 4. The van der Waals surface area contributed by atoms with Crippen LogP contribution in [0.25, 0.3) is 106 Å². The van der Waals surface area contributed by atoms with Gasteiger partial charge in [0.25, 0.3) is 0 Å². The van der Waals surface area contributed by atoms with Gasteiger partial charge in [0.2, 0.25) is 0 Å². The highest BCUT2D eigenvalue weighted by Gasteiger charge is 2.20. The number of benzene rings is 8. The van der Waals surface area contributed by atoms with Crippen molar-refractivity contribution in [3.63, 3.8) is 0 Å². The maximum atomic E-state index is 6.55. The zero-order chi connectivity index (χ0) is 37.0. The fraction of sp³-hybridized carbons (Fsp3) is 0. The van der Waals surface area contributed by atoms with Crippen LogP contribution in [0.2, 0.25) is 0 Å². The van der Waals surface area contributed by atoms with E-state index in [4.69, 9.17) is 19.4 Å². The number of hydrogen-bond donors (Lipinski definition) is 0. The summed E-state index contributed by atoms with van der Waals surface area (Å²) in [4.78, 5) is 15.0. The summed E-state index contributed by atoms with van der Waals surface area (Å²) in [5.41, 5.74) is 12.3. The van der Waals surface area contributed by atoms with E-state index in [9.17, 15) is 0 Å². The van der Waals surface area contributed by atoms with Crippen LogP contribution in [0.15, 0.2) is 199 Å². The summed E-state index contributed by atoms with van der Waals surface area (Å²) in [5.74, 6) is 1.91. The Morgan fingerprint density at radius 2 is 0.893 bits per heavy atom. The molecule has 0 unspecified atom stereocenters. The Hall–Kier alpha value is -7.63. The van der Waals surface area contributed by atoms with E-state index in [1.165, 1.54) is 10.8 Å². The van der Waals surface area contributed by atoms with Gasteiger partial charge in [-0.25, -0.2) is 15.0 Å². The molecule has 5 nitrogen and oxygen atoms in total. The van der Waals surface area contributed by atoms with Crippen molar-refractivity contribution < 1.29 is 4.42 Å². The normalized spacial score (nSPS) is 11.6. The molecule has 262 valence electrons. The molecule has 0 aliphatic rings. The Morgan fingerprint density at radius 3 is 1.61 bits per heavy atom. The molecule has 11 aromatic rings. The molecular formula is C51H32N4O. The fourth-order valence-electron chi connectivity index (χ4n) is 8.07. The highest BCUT2D eigenvalue weighted by molar-refractivity contribution is 6.17. The minimum atomic E-state index is 0.628. The van der Waals surface area contributed by atoms with E-state index in [-0.39, 0.29) is 0 Å². The summed E-state index contributed by atoms with van der Waals surface area (Å²) in [7, 11) is 0.